The second-order valence-electron chi connectivity index (χ2n) is 3.67. The van der Waals surface area contributed by atoms with Crippen LogP contribution in [0.1, 0.15) is 30.6 Å². The van der Waals surface area contributed by atoms with Gasteiger partial charge in [-0.15, -0.1) is 0 Å². The Bertz CT molecular complexity index is 390. The van der Waals surface area contributed by atoms with E-state index in [4.69, 9.17) is 4.74 Å². The minimum atomic E-state index is 0.259. The Kier molecular flexibility index (Phi) is 3.21. The Hall–Kier alpha value is -1.09. The molecule has 0 N–H and O–H groups in total. The molecule has 0 unspecified atom stereocenters. The molecular formula is C12H14O2S. The first kappa shape index (κ1) is 10.4. The summed E-state index contributed by atoms with van der Waals surface area (Å²) in [6.07, 6.45) is 5.64. The van der Waals surface area contributed by atoms with Gasteiger partial charge in [-0.3, -0.25) is 4.79 Å². The van der Waals surface area contributed by atoms with E-state index in [0.717, 1.165) is 24.3 Å². The van der Waals surface area contributed by atoms with Gasteiger partial charge in [0.15, 0.2) is 10.8 Å². The Morgan fingerprint density at radius 3 is 2.80 bits per heavy atom. The van der Waals surface area contributed by atoms with Crippen LogP contribution in [0.4, 0.5) is 0 Å². The highest BCUT2D eigenvalue weighted by Crippen LogP contribution is 2.33. The van der Waals surface area contributed by atoms with Crippen LogP contribution < -0.4 is 4.74 Å². The first-order chi connectivity index (χ1) is 7.29. The number of hydrogen-bond donors (Lipinski definition) is 0. The third-order valence-corrected chi connectivity index (χ3v) is 3.68. The molecule has 0 spiro atoms. The number of rotatable bonds is 2. The summed E-state index contributed by atoms with van der Waals surface area (Å²) in [5, 5.41) is 0.905. The molecule has 1 aliphatic carbocycles. The average Bonchev–Trinajstić information content (AvgIpc) is 2.61. The molecule has 0 saturated carbocycles. The van der Waals surface area contributed by atoms with E-state index in [1.807, 2.05) is 12.1 Å². The molecule has 1 aliphatic rings. The van der Waals surface area contributed by atoms with Crippen molar-refractivity contribution in [3.63, 3.8) is 0 Å². The summed E-state index contributed by atoms with van der Waals surface area (Å²) in [7, 11) is 1.67. The molecule has 80 valence electrons. The van der Waals surface area contributed by atoms with E-state index in [2.05, 4.69) is 0 Å². The van der Waals surface area contributed by atoms with Crippen molar-refractivity contribution in [1.82, 2.24) is 0 Å². The van der Waals surface area contributed by atoms with Gasteiger partial charge in [0.2, 0.25) is 0 Å². The van der Waals surface area contributed by atoms with Crippen molar-refractivity contribution >= 4 is 22.7 Å². The van der Waals surface area contributed by atoms with E-state index in [-0.39, 0.29) is 5.78 Å². The van der Waals surface area contributed by atoms with E-state index in [9.17, 15) is 4.79 Å². The maximum absolute atomic E-state index is 11.4. The Morgan fingerprint density at radius 2 is 2.07 bits per heavy atom. The lowest BCUT2D eigenvalue weighted by Gasteiger charge is -2.00. The Morgan fingerprint density at radius 1 is 1.27 bits per heavy atom. The summed E-state index contributed by atoms with van der Waals surface area (Å²) in [4.78, 5) is 12.6. The minimum absolute atomic E-state index is 0.259. The largest absolute Gasteiger partial charge is 0.487 e. The van der Waals surface area contributed by atoms with Gasteiger partial charge in [-0.05, 0) is 43.0 Å². The van der Waals surface area contributed by atoms with E-state index in [0.29, 0.717) is 6.42 Å². The number of carbonyl (C=O) groups excluding carboxylic acids is 1. The zero-order valence-electron chi connectivity index (χ0n) is 8.79. The van der Waals surface area contributed by atoms with Crippen LogP contribution in [0.25, 0.3) is 5.57 Å². The van der Waals surface area contributed by atoms with Crippen LogP contribution in [0.3, 0.4) is 0 Å². The SMILES string of the molecule is COc1ccc(C2=CC(=O)CCCC2)s1. The van der Waals surface area contributed by atoms with Crippen molar-refractivity contribution in [3.05, 3.63) is 23.1 Å². The van der Waals surface area contributed by atoms with Crippen molar-refractivity contribution < 1.29 is 9.53 Å². The van der Waals surface area contributed by atoms with Crippen molar-refractivity contribution in [2.75, 3.05) is 7.11 Å². The molecule has 0 aromatic carbocycles. The lowest BCUT2D eigenvalue weighted by Crippen LogP contribution is -1.89. The van der Waals surface area contributed by atoms with Gasteiger partial charge < -0.3 is 4.74 Å². The summed E-state index contributed by atoms with van der Waals surface area (Å²) < 4.78 is 5.15. The van der Waals surface area contributed by atoms with Crippen LogP contribution in [0.5, 0.6) is 5.06 Å². The fourth-order valence-electron chi connectivity index (χ4n) is 1.75. The number of ether oxygens (including phenoxy) is 1. The van der Waals surface area contributed by atoms with Crippen LogP contribution in [0.15, 0.2) is 18.2 Å². The molecule has 15 heavy (non-hydrogen) atoms. The first-order valence-corrected chi connectivity index (χ1v) is 5.99. The van der Waals surface area contributed by atoms with E-state index < -0.39 is 0 Å². The molecule has 1 heterocycles. The highest BCUT2D eigenvalue weighted by molar-refractivity contribution is 7.14. The zero-order chi connectivity index (χ0) is 10.7. The van der Waals surface area contributed by atoms with Gasteiger partial charge >= 0.3 is 0 Å². The molecule has 0 bridgehead atoms. The number of methoxy groups -OCH3 is 1. The quantitative estimate of drug-likeness (QED) is 0.767. The molecule has 1 aromatic rings. The van der Waals surface area contributed by atoms with Crippen LogP contribution in [-0.2, 0) is 4.79 Å². The standard InChI is InChI=1S/C12H14O2S/c1-14-12-7-6-11(15-12)9-4-2-3-5-10(13)8-9/h6-8H,2-5H2,1H3. The maximum Gasteiger partial charge on any atom is 0.173 e. The number of carbonyl (C=O) groups is 1. The van der Waals surface area contributed by atoms with E-state index in [1.165, 1.54) is 10.5 Å². The molecule has 0 fully saturated rings. The van der Waals surface area contributed by atoms with E-state index in [1.54, 1.807) is 24.5 Å². The summed E-state index contributed by atoms with van der Waals surface area (Å²) in [5.41, 5.74) is 1.17. The number of thiophene rings is 1. The normalized spacial score (nSPS) is 17.1. The van der Waals surface area contributed by atoms with Crippen molar-refractivity contribution in [2.45, 2.75) is 25.7 Å². The minimum Gasteiger partial charge on any atom is -0.487 e. The van der Waals surface area contributed by atoms with Gasteiger partial charge in [0.05, 0.1) is 7.11 Å². The molecule has 0 aliphatic heterocycles. The van der Waals surface area contributed by atoms with Gasteiger partial charge in [0.25, 0.3) is 0 Å². The first-order valence-electron chi connectivity index (χ1n) is 5.17. The van der Waals surface area contributed by atoms with Gasteiger partial charge in [-0.2, -0.15) is 0 Å². The van der Waals surface area contributed by atoms with Crippen molar-refractivity contribution in [2.24, 2.45) is 0 Å². The predicted molar refractivity (Wildman–Crippen MR) is 62.3 cm³/mol. The fraction of sp³-hybridized carbons (Fsp3) is 0.417. The highest BCUT2D eigenvalue weighted by atomic mass is 32.1. The smallest absolute Gasteiger partial charge is 0.173 e. The summed E-state index contributed by atoms with van der Waals surface area (Å²) >= 11 is 1.61. The third-order valence-electron chi connectivity index (χ3n) is 2.55. The topological polar surface area (TPSA) is 26.3 Å². The molecule has 2 nitrogen and oxygen atoms in total. The number of ketones is 1. The number of allylic oxidation sites excluding steroid dienone is 2. The van der Waals surface area contributed by atoms with Crippen LogP contribution in [-0.4, -0.2) is 12.9 Å². The lowest BCUT2D eigenvalue weighted by atomic mass is 10.1. The molecule has 0 radical (unpaired) electrons. The van der Waals surface area contributed by atoms with Gasteiger partial charge in [-0.25, -0.2) is 0 Å². The summed E-state index contributed by atoms with van der Waals surface area (Å²) in [6, 6.07) is 3.99. The molecular weight excluding hydrogens is 208 g/mol. The predicted octanol–water partition coefficient (Wildman–Crippen LogP) is 3.28. The molecule has 2 rings (SSSR count). The molecule has 0 amide bonds. The number of hydrogen-bond acceptors (Lipinski definition) is 3. The second-order valence-corrected chi connectivity index (χ2v) is 4.71. The van der Waals surface area contributed by atoms with Gasteiger partial charge in [-0.1, -0.05) is 11.3 Å². The average molecular weight is 222 g/mol. The Labute approximate surface area is 93.6 Å². The summed E-state index contributed by atoms with van der Waals surface area (Å²) in [5.74, 6) is 0.259. The Balaban J connectivity index is 2.24. The third kappa shape index (κ3) is 2.48. The molecule has 3 heteroatoms. The van der Waals surface area contributed by atoms with Crippen LogP contribution >= 0.6 is 11.3 Å². The maximum atomic E-state index is 11.4. The lowest BCUT2D eigenvalue weighted by molar-refractivity contribution is -0.114. The van der Waals surface area contributed by atoms with E-state index >= 15 is 0 Å². The monoisotopic (exact) mass is 222 g/mol. The molecule has 0 saturated heterocycles. The molecule has 1 aromatic heterocycles. The van der Waals surface area contributed by atoms with Crippen molar-refractivity contribution in [3.8, 4) is 5.06 Å². The van der Waals surface area contributed by atoms with Gasteiger partial charge in [0.1, 0.15) is 0 Å². The molecule has 0 atom stereocenters. The highest BCUT2D eigenvalue weighted by Gasteiger charge is 2.11. The zero-order valence-corrected chi connectivity index (χ0v) is 9.60. The summed E-state index contributed by atoms with van der Waals surface area (Å²) in [6.45, 7) is 0. The van der Waals surface area contributed by atoms with Gasteiger partial charge in [0, 0.05) is 11.3 Å². The second kappa shape index (κ2) is 4.62. The van der Waals surface area contributed by atoms with Crippen molar-refractivity contribution in [1.29, 1.82) is 0 Å². The fourth-order valence-corrected chi connectivity index (χ4v) is 2.61. The van der Waals surface area contributed by atoms with Crippen LogP contribution in [0, 0.1) is 0 Å². The van der Waals surface area contributed by atoms with Crippen LogP contribution in [0.2, 0.25) is 0 Å².